The average Bonchev–Trinajstić information content (AvgIpc) is 3.23. The molecule has 35 heavy (non-hydrogen) atoms. The topological polar surface area (TPSA) is 75.9 Å². The molecule has 0 N–H and O–H groups in total. The number of carbonyl (C=O) groups excluding carboxylic acids is 2. The summed E-state index contributed by atoms with van der Waals surface area (Å²) in [6.45, 7) is 6.03. The van der Waals surface area contributed by atoms with Gasteiger partial charge in [0.25, 0.3) is 11.8 Å². The van der Waals surface area contributed by atoms with Crippen LogP contribution in [0.2, 0.25) is 0 Å². The highest BCUT2D eigenvalue weighted by Gasteiger charge is 2.26. The van der Waals surface area contributed by atoms with Gasteiger partial charge in [-0.15, -0.1) is 0 Å². The normalized spacial score (nSPS) is 13.8. The molecule has 1 aliphatic heterocycles. The van der Waals surface area contributed by atoms with Crippen LogP contribution in [0.4, 0.5) is 0 Å². The first-order valence-electron chi connectivity index (χ1n) is 11.7. The van der Waals surface area contributed by atoms with Crippen molar-refractivity contribution >= 4 is 22.6 Å². The van der Waals surface area contributed by atoms with E-state index in [1.165, 1.54) is 0 Å². The summed E-state index contributed by atoms with van der Waals surface area (Å²) in [5.74, 6) is 1.27. The van der Waals surface area contributed by atoms with E-state index >= 15 is 0 Å². The Morgan fingerprint density at radius 1 is 0.829 bits per heavy atom. The van der Waals surface area contributed by atoms with E-state index < -0.39 is 0 Å². The Labute approximate surface area is 203 Å². The number of piperazine rings is 1. The molecule has 2 amide bonds. The quantitative estimate of drug-likeness (QED) is 0.426. The maximum absolute atomic E-state index is 13.1. The highest BCUT2D eigenvalue weighted by atomic mass is 16.5. The van der Waals surface area contributed by atoms with Gasteiger partial charge in [-0.3, -0.25) is 9.59 Å². The third kappa shape index (κ3) is 4.75. The minimum Gasteiger partial charge on any atom is -0.489 e. The van der Waals surface area contributed by atoms with Gasteiger partial charge in [-0.05, 0) is 55.0 Å². The molecule has 0 aliphatic carbocycles. The summed E-state index contributed by atoms with van der Waals surface area (Å²) in [5.41, 5.74) is 2.95. The van der Waals surface area contributed by atoms with Gasteiger partial charge in [-0.25, -0.2) is 0 Å². The van der Waals surface area contributed by atoms with Crippen LogP contribution in [0.5, 0.6) is 5.75 Å². The first-order valence-corrected chi connectivity index (χ1v) is 11.7. The monoisotopic (exact) mass is 469 g/mol. The van der Waals surface area contributed by atoms with Crippen LogP contribution >= 0.6 is 0 Å². The van der Waals surface area contributed by atoms with E-state index in [2.05, 4.69) is 5.16 Å². The number of hydrogen-bond acceptors (Lipinski definition) is 5. The lowest BCUT2D eigenvalue weighted by Crippen LogP contribution is -2.50. The Balaban J connectivity index is 1.20. The molecule has 1 aromatic heterocycles. The maximum atomic E-state index is 13.1. The largest absolute Gasteiger partial charge is 0.489 e. The van der Waals surface area contributed by atoms with E-state index in [0.717, 1.165) is 27.8 Å². The molecule has 1 fully saturated rings. The zero-order chi connectivity index (χ0) is 24.4. The second-order valence-corrected chi connectivity index (χ2v) is 8.77. The van der Waals surface area contributed by atoms with E-state index in [0.29, 0.717) is 49.7 Å². The fraction of sp³-hybridized carbons (Fsp3) is 0.250. The molecule has 0 saturated carbocycles. The van der Waals surface area contributed by atoms with Gasteiger partial charge < -0.3 is 19.1 Å². The predicted octanol–water partition coefficient (Wildman–Crippen LogP) is 4.62. The van der Waals surface area contributed by atoms with Crippen LogP contribution in [0.15, 0.2) is 71.3 Å². The molecule has 0 unspecified atom stereocenters. The highest BCUT2D eigenvalue weighted by Crippen LogP contribution is 2.21. The van der Waals surface area contributed by atoms with Crippen molar-refractivity contribution in [1.82, 2.24) is 15.0 Å². The summed E-state index contributed by atoms with van der Waals surface area (Å²) in [7, 11) is 0. The van der Waals surface area contributed by atoms with Gasteiger partial charge in [0.15, 0.2) is 0 Å². The first kappa shape index (κ1) is 22.7. The number of amides is 2. The van der Waals surface area contributed by atoms with Crippen LogP contribution in [0, 0.1) is 13.8 Å². The number of nitrogens with zero attached hydrogens (tertiary/aromatic N) is 3. The Bertz CT molecular complexity index is 1370. The van der Waals surface area contributed by atoms with Crippen molar-refractivity contribution in [3.63, 3.8) is 0 Å². The molecule has 0 radical (unpaired) electrons. The van der Waals surface area contributed by atoms with Crippen molar-refractivity contribution in [2.75, 3.05) is 26.2 Å². The van der Waals surface area contributed by atoms with Crippen LogP contribution in [0.3, 0.4) is 0 Å². The van der Waals surface area contributed by atoms with Gasteiger partial charge in [0.2, 0.25) is 0 Å². The molecule has 2 heterocycles. The first-order chi connectivity index (χ1) is 17.0. The Morgan fingerprint density at radius 3 is 2.14 bits per heavy atom. The summed E-state index contributed by atoms with van der Waals surface area (Å²) < 4.78 is 11.1. The summed E-state index contributed by atoms with van der Waals surface area (Å²) in [6.07, 6.45) is 0. The van der Waals surface area contributed by atoms with Gasteiger partial charge in [0.1, 0.15) is 18.1 Å². The summed E-state index contributed by atoms with van der Waals surface area (Å²) in [5, 5.41) is 6.10. The predicted molar refractivity (Wildman–Crippen MR) is 133 cm³/mol. The molecule has 5 rings (SSSR count). The van der Waals surface area contributed by atoms with Crippen LogP contribution < -0.4 is 4.74 Å². The molecular weight excluding hydrogens is 442 g/mol. The number of rotatable bonds is 5. The van der Waals surface area contributed by atoms with E-state index in [9.17, 15) is 9.59 Å². The lowest BCUT2D eigenvalue weighted by molar-refractivity contribution is 0.0535. The Kier molecular flexibility index (Phi) is 6.23. The van der Waals surface area contributed by atoms with Crippen molar-refractivity contribution < 1.29 is 18.8 Å². The standard InChI is InChI=1S/C28H27N3O4/c1-19-26(20(2)35-29-19)18-34-25-9-5-8-23(17-25)27(32)30-12-14-31(15-13-30)28(33)24-11-10-21-6-3-4-7-22(21)16-24/h3-11,16-17H,12-15,18H2,1-2H3. The fourth-order valence-corrected chi connectivity index (χ4v) is 4.38. The number of fused-ring (bicyclic) bond motifs is 1. The number of hydrogen-bond donors (Lipinski definition) is 0. The SMILES string of the molecule is Cc1noc(C)c1COc1cccc(C(=O)N2CCN(C(=O)c3ccc4ccccc4c3)CC2)c1. The molecule has 0 atom stereocenters. The summed E-state index contributed by atoms with van der Waals surface area (Å²) in [6, 6.07) is 21.0. The third-order valence-corrected chi connectivity index (χ3v) is 6.50. The number of aryl methyl sites for hydroxylation is 2. The van der Waals surface area contributed by atoms with E-state index in [1.807, 2.05) is 73.3 Å². The van der Waals surface area contributed by atoms with E-state index in [-0.39, 0.29) is 11.8 Å². The number of ether oxygens (including phenoxy) is 1. The molecular formula is C28H27N3O4. The van der Waals surface area contributed by atoms with Crippen LogP contribution in [-0.4, -0.2) is 52.9 Å². The lowest BCUT2D eigenvalue weighted by Gasteiger charge is -2.35. The van der Waals surface area contributed by atoms with Gasteiger partial charge >= 0.3 is 0 Å². The minimum absolute atomic E-state index is 0.00225. The fourth-order valence-electron chi connectivity index (χ4n) is 4.38. The van der Waals surface area contributed by atoms with Crippen molar-refractivity contribution in [2.24, 2.45) is 0 Å². The smallest absolute Gasteiger partial charge is 0.254 e. The van der Waals surface area contributed by atoms with Crippen molar-refractivity contribution in [3.05, 3.63) is 94.9 Å². The summed E-state index contributed by atoms with van der Waals surface area (Å²) in [4.78, 5) is 29.8. The number of benzene rings is 3. The molecule has 4 aromatic rings. The van der Waals surface area contributed by atoms with Gasteiger partial charge in [-0.2, -0.15) is 0 Å². The molecule has 7 nitrogen and oxygen atoms in total. The van der Waals surface area contributed by atoms with Gasteiger partial charge in [-0.1, -0.05) is 41.6 Å². The molecule has 1 aliphatic rings. The second kappa shape index (κ2) is 9.62. The van der Waals surface area contributed by atoms with E-state index in [1.54, 1.807) is 17.0 Å². The van der Waals surface area contributed by atoms with Crippen LogP contribution in [0.25, 0.3) is 10.8 Å². The molecule has 0 bridgehead atoms. The third-order valence-electron chi connectivity index (χ3n) is 6.50. The zero-order valence-corrected chi connectivity index (χ0v) is 19.9. The maximum Gasteiger partial charge on any atom is 0.254 e. The molecule has 7 heteroatoms. The molecule has 3 aromatic carbocycles. The molecule has 178 valence electrons. The number of aromatic nitrogens is 1. The summed E-state index contributed by atoms with van der Waals surface area (Å²) >= 11 is 0. The molecule has 1 saturated heterocycles. The van der Waals surface area contributed by atoms with E-state index in [4.69, 9.17) is 9.26 Å². The van der Waals surface area contributed by atoms with Crippen molar-refractivity contribution in [3.8, 4) is 5.75 Å². The average molecular weight is 470 g/mol. The minimum atomic E-state index is -0.0643. The van der Waals surface area contributed by atoms with Crippen molar-refractivity contribution in [1.29, 1.82) is 0 Å². The zero-order valence-electron chi connectivity index (χ0n) is 19.9. The Morgan fingerprint density at radius 2 is 1.49 bits per heavy atom. The Hall–Kier alpha value is -4.13. The number of carbonyl (C=O) groups is 2. The highest BCUT2D eigenvalue weighted by molar-refractivity contribution is 5.99. The van der Waals surface area contributed by atoms with Crippen LogP contribution in [-0.2, 0) is 6.61 Å². The second-order valence-electron chi connectivity index (χ2n) is 8.77. The van der Waals surface area contributed by atoms with Crippen LogP contribution in [0.1, 0.15) is 37.7 Å². The molecule has 0 spiro atoms. The van der Waals surface area contributed by atoms with Gasteiger partial charge in [0.05, 0.1) is 11.3 Å². The van der Waals surface area contributed by atoms with Gasteiger partial charge in [0, 0.05) is 37.3 Å². The lowest BCUT2D eigenvalue weighted by atomic mass is 10.1. The van der Waals surface area contributed by atoms with Crippen molar-refractivity contribution in [2.45, 2.75) is 20.5 Å².